The van der Waals surface area contributed by atoms with Crippen LogP contribution in [0.15, 0.2) is 12.1 Å². The summed E-state index contributed by atoms with van der Waals surface area (Å²) in [7, 11) is 1.88. The Balaban J connectivity index is 2.32. The number of rotatable bonds is 0. The van der Waals surface area contributed by atoms with Crippen LogP contribution in [0.3, 0.4) is 0 Å². The Labute approximate surface area is 107 Å². The smallest absolute Gasteiger partial charge is 0.270 e. The number of benzene rings is 1. The first-order valence-corrected chi connectivity index (χ1v) is 6.45. The number of H-pyrrole nitrogens is 1. The SMILES string of the molecule is Cc1cc(C)c2[nH]c3c(c2c1)CCCN(C)C3=O. The topological polar surface area (TPSA) is 36.1 Å². The lowest BCUT2D eigenvalue weighted by Gasteiger charge is -2.12. The molecule has 1 aromatic heterocycles. The molecule has 1 amide bonds. The molecule has 1 aliphatic rings. The Morgan fingerprint density at radius 3 is 2.83 bits per heavy atom. The van der Waals surface area contributed by atoms with E-state index in [0.717, 1.165) is 30.6 Å². The minimum absolute atomic E-state index is 0.121. The molecular formula is C15H18N2O. The van der Waals surface area contributed by atoms with Gasteiger partial charge in [-0.2, -0.15) is 0 Å². The summed E-state index contributed by atoms with van der Waals surface area (Å²) in [6, 6.07) is 4.35. The van der Waals surface area contributed by atoms with Crippen LogP contribution in [-0.4, -0.2) is 29.4 Å². The minimum Gasteiger partial charge on any atom is -0.350 e. The number of carbonyl (C=O) groups excluding carboxylic acids is 1. The number of aromatic amines is 1. The zero-order valence-corrected chi connectivity index (χ0v) is 11.1. The summed E-state index contributed by atoms with van der Waals surface area (Å²) in [5.74, 6) is 0.121. The molecule has 94 valence electrons. The van der Waals surface area contributed by atoms with Gasteiger partial charge in [-0.15, -0.1) is 0 Å². The lowest BCUT2D eigenvalue weighted by Crippen LogP contribution is -2.26. The van der Waals surface area contributed by atoms with Gasteiger partial charge in [-0.1, -0.05) is 11.6 Å². The molecule has 0 fully saturated rings. The van der Waals surface area contributed by atoms with Crippen LogP contribution in [0.5, 0.6) is 0 Å². The first kappa shape index (κ1) is 11.3. The molecule has 0 spiro atoms. The zero-order chi connectivity index (χ0) is 12.9. The quantitative estimate of drug-likeness (QED) is 0.757. The van der Waals surface area contributed by atoms with Crippen molar-refractivity contribution in [3.63, 3.8) is 0 Å². The van der Waals surface area contributed by atoms with Gasteiger partial charge in [0.1, 0.15) is 5.69 Å². The van der Waals surface area contributed by atoms with E-state index in [1.807, 2.05) is 11.9 Å². The van der Waals surface area contributed by atoms with Crippen molar-refractivity contribution in [3.8, 4) is 0 Å². The maximum atomic E-state index is 12.3. The third kappa shape index (κ3) is 1.54. The van der Waals surface area contributed by atoms with Gasteiger partial charge in [0, 0.05) is 24.5 Å². The molecule has 18 heavy (non-hydrogen) atoms. The molecule has 1 aliphatic heterocycles. The number of nitrogens with one attached hydrogen (secondary N) is 1. The Bertz CT molecular complexity index is 639. The van der Waals surface area contributed by atoms with E-state index in [0.29, 0.717) is 0 Å². The van der Waals surface area contributed by atoms with Gasteiger partial charge in [-0.3, -0.25) is 4.79 Å². The molecule has 0 saturated heterocycles. The monoisotopic (exact) mass is 242 g/mol. The van der Waals surface area contributed by atoms with Crippen molar-refractivity contribution in [1.29, 1.82) is 0 Å². The van der Waals surface area contributed by atoms with E-state index in [1.54, 1.807) is 0 Å². The van der Waals surface area contributed by atoms with Crippen LogP contribution >= 0.6 is 0 Å². The Kier molecular flexibility index (Phi) is 2.44. The number of hydrogen-bond donors (Lipinski definition) is 1. The average Bonchev–Trinajstić information content (AvgIpc) is 2.61. The Morgan fingerprint density at radius 2 is 2.06 bits per heavy atom. The van der Waals surface area contributed by atoms with Gasteiger partial charge in [0.15, 0.2) is 0 Å². The highest BCUT2D eigenvalue weighted by Gasteiger charge is 2.24. The molecule has 2 heterocycles. The third-order valence-electron chi connectivity index (χ3n) is 3.84. The van der Waals surface area contributed by atoms with E-state index >= 15 is 0 Å². The van der Waals surface area contributed by atoms with Crippen molar-refractivity contribution < 1.29 is 4.79 Å². The molecule has 1 aromatic carbocycles. The van der Waals surface area contributed by atoms with Crippen LogP contribution in [0.1, 0.15) is 33.6 Å². The molecule has 0 atom stereocenters. The maximum Gasteiger partial charge on any atom is 0.270 e. The highest BCUT2D eigenvalue weighted by atomic mass is 16.2. The van der Waals surface area contributed by atoms with Crippen molar-refractivity contribution in [2.45, 2.75) is 26.7 Å². The molecular weight excluding hydrogens is 224 g/mol. The Hall–Kier alpha value is -1.77. The van der Waals surface area contributed by atoms with E-state index in [2.05, 4.69) is 31.0 Å². The zero-order valence-electron chi connectivity index (χ0n) is 11.1. The largest absolute Gasteiger partial charge is 0.350 e. The molecule has 3 nitrogen and oxygen atoms in total. The number of aromatic nitrogens is 1. The standard InChI is InChI=1S/C15H18N2O/c1-9-7-10(2)13-12(8-9)11-5-4-6-17(3)15(18)14(11)16-13/h7-8,16H,4-6H2,1-3H3. The molecule has 0 unspecified atom stereocenters. The number of nitrogens with zero attached hydrogens (tertiary/aromatic N) is 1. The van der Waals surface area contributed by atoms with Crippen molar-refractivity contribution in [2.24, 2.45) is 0 Å². The van der Waals surface area contributed by atoms with Gasteiger partial charge in [-0.25, -0.2) is 0 Å². The molecule has 0 bridgehead atoms. The number of aryl methyl sites for hydroxylation is 3. The van der Waals surface area contributed by atoms with Crippen LogP contribution in [0.2, 0.25) is 0 Å². The summed E-state index contributed by atoms with van der Waals surface area (Å²) in [6.07, 6.45) is 2.02. The van der Waals surface area contributed by atoms with E-state index < -0.39 is 0 Å². The first-order valence-electron chi connectivity index (χ1n) is 6.45. The van der Waals surface area contributed by atoms with Crippen molar-refractivity contribution in [2.75, 3.05) is 13.6 Å². The van der Waals surface area contributed by atoms with E-state index in [9.17, 15) is 4.79 Å². The fourth-order valence-electron chi connectivity index (χ4n) is 2.93. The summed E-state index contributed by atoms with van der Waals surface area (Å²) in [5, 5.41) is 1.23. The highest BCUT2D eigenvalue weighted by molar-refractivity contribution is 6.02. The van der Waals surface area contributed by atoms with E-state index in [1.165, 1.54) is 22.1 Å². The van der Waals surface area contributed by atoms with Gasteiger partial charge in [0.05, 0.1) is 0 Å². The summed E-state index contributed by atoms with van der Waals surface area (Å²) in [4.78, 5) is 17.4. The van der Waals surface area contributed by atoms with E-state index in [-0.39, 0.29) is 5.91 Å². The predicted molar refractivity (Wildman–Crippen MR) is 73.1 cm³/mol. The fraction of sp³-hybridized carbons (Fsp3) is 0.400. The molecule has 3 heteroatoms. The maximum absolute atomic E-state index is 12.3. The molecule has 1 N–H and O–H groups in total. The van der Waals surface area contributed by atoms with Crippen molar-refractivity contribution in [1.82, 2.24) is 9.88 Å². The second-order valence-electron chi connectivity index (χ2n) is 5.31. The van der Waals surface area contributed by atoms with Gasteiger partial charge in [0.25, 0.3) is 5.91 Å². The summed E-state index contributed by atoms with van der Waals surface area (Å²) < 4.78 is 0. The highest BCUT2D eigenvalue weighted by Crippen LogP contribution is 2.29. The lowest BCUT2D eigenvalue weighted by atomic mass is 10.0. The summed E-state index contributed by atoms with van der Waals surface area (Å²) >= 11 is 0. The molecule has 0 saturated carbocycles. The summed E-state index contributed by atoms with van der Waals surface area (Å²) in [6.45, 7) is 5.05. The van der Waals surface area contributed by atoms with Crippen LogP contribution in [0.25, 0.3) is 10.9 Å². The number of amides is 1. The molecule has 0 aliphatic carbocycles. The van der Waals surface area contributed by atoms with E-state index in [4.69, 9.17) is 0 Å². The van der Waals surface area contributed by atoms with Crippen LogP contribution in [-0.2, 0) is 6.42 Å². The molecule has 0 radical (unpaired) electrons. The van der Waals surface area contributed by atoms with Gasteiger partial charge in [0.2, 0.25) is 0 Å². The molecule has 2 aromatic rings. The lowest BCUT2D eigenvalue weighted by molar-refractivity contribution is 0.0795. The van der Waals surface area contributed by atoms with Crippen molar-refractivity contribution >= 4 is 16.8 Å². The second-order valence-corrected chi connectivity index (χ2v) is 5.31. The minimum atomic E-state index is 0.121. The van der Waals surface area contributed by atoms with Crippen LogP contribution < -0.4 is 0 Å². The summed E-state index contributed by atoms with van der Waals surface area (Å²) in [5.41, 5.74) is 5.58. The predicted octanol–water partition coefficient (Wildman–Crippen LogP) is 2.80. The van der Waals surface area contributed by atoms with Crippen LogP contribution in [0.4, 0.5) is 0 Å². The number of fused-ring (bicyclic) bond motifs is 3. The van der Waals surface area contributed by atoms with Gasteiger partial charge < -0.3 is 9.88 Å². The van der Waals surface area contributed by atoms with Crippen LogP contribution in [0, 0.1) is 13.8 Å². The first-order chi connectivity index (χ1) is 8.58. The van der Waals surface area contributed by atoms with Gasteiger partial charge in [-0.05, 0) is 43.9 Å². The number of hydrogen-bond acceptors (Lipinski definition) is 1. The van der Waals surface area contributed by atoms with Crippen molar-refractivity contribution in [3.05, 3.63) is 34.5 Å². The third-order valence-corrected chi connectivity index (χ3v) is 3.84. The second kappa shape index (κ2) is 3.87. The fourth-order valence-corrected chi connectivity index (χ4v) is 2.93. The average molecular weight is 242 g/mol. The molecule has 3 rings (SSSR count). The Morgan fingerprint density at radius 1 is 1.28 bits per heavy atom. The normalized spacial score (nSPS) is 15.9. The number of carbonyl (C=O) groups is 1. The van der Waals surface area contributed by atoms with Gasteiger partial charge >= 0.3 is 0 Å².